The molecule has 6 rings (SSSR count). The van der Waals surface area contributed by atoms with E-state index in [9.17, 15) is 22.8 Å². The number of hydrogen-bond acceptors (Lipinski definition) is 4. The number of alkyl halides is 3. The zero-order chi connectivity index (χ0) is 28.6. The lowest BCUT2D eigenvalue weighted by Crippen LogP contribution is -2.43. The van der Waals surface area contributed by atoms with Gasteiger partial charge in [-0.2, -0.15) is 13.2 Å². The van der Waals surface area contributed by atoms with Crippen molar-refractivity contribution < 1.29 is 22.8 Å². The molecule has 0 bridgehead atoms. The maximum Gasteiger partial charge on any atom is 0.451 e. The van der Waals surface area contributed by atoms with E-state index in [1.807, 2.05) is 47.4 Å². The van der Waals surface area contributed by atoms with Crippen LogP contribution in [-0.2, 0) is 41.8 Å². The van der Waals surface area contributed by atoms with Gasteiger partial charge in [-0.25, -0.2) is 0 Å². The molecule has 10 heteroatoms. The third-order valence-corrected chi connectivity index (χ3v) is 9.07. The average molecular weight is 566 g/mol. The van der Waals surface area contributed by atoms with Crippen molar-refractivity contribution in [3.05, 3.63) is 82.9 Å². The van der Waals surface area contributed by atoms with E-state index in [4.69, 9.17) is 0 Å². The van der Waals surface area contributed by atoms with E-state index >= 15 is 0 Å². The fourth-order valence-corrected chi connectivity index (χ4v) is 6.99. The summed E-state index contributed by atoms with van der Waals surface area (Å²) >= 11 is 0. The van der Waals surface area contributed by atoms with Gasteiger partial charge >= 0.3 is 6.18 Å². The summed E-state index contributed by atoms with van der Waals surface area (Å²) in [6, 6.07) is 18.3. The standard InChI is InChI=1S/C31H34F3N5O2/c32-31(33,34)29-36-35-26-21-37(16-17-38(26)29)27(40)18-30(14-6-7-15-30)19-28(41)39(20-22-8-2-1-3-9-22)25-13-12-23-10-4-5-11-24(23)25/h1-5,8-11,25H,6-7,12-21H2. The molecule has 41 heavy (non-hydrogen) atoms. The molecule has 1 aliphatic heterocycles. The van der Waals surface area contributed by atoms with Gasteiger partial charge in [0.2, 0.25) is 17.6 Å². The number of aryl methyl sites for hydroxylation is 1. The predicted octanol–water partition coefficient (Wildman–Crippen LogP) is 5.70. The van der Waals surface area contributed by atoms with Gasteiger partial charge in [-0.3, -0.25) is 9.59 Å². The number of amides is 2. The number of rotatable bonds is 7. The van der Waals surface area contributed by atoms with E-state index in [1.165, 1.54) is 11.1 Å². The second kappa shape index (κ2) is 10.9. The lowest BCUT2D eigenvalue weighted by atomic mass is 9.78. The number of fused-ring (bicyclic) bond motifs is 2. The molecule has 0 N–H and O–H groups in total. The number of hydrogen-bond donors (Lipinski definition) is 0. The average Bonchev–Trinajstić information content (AvgIpc) is 3.70. The van der Waals surface area contributed by atoms with Gasteiger partial charge in [-0.1, -0.05) is 67.4 Å². The SMILES string of the molecule is O=C(CC1(CC(=O)N(Cc2ccccc2)C2CCc3ccccc32)CCCC1)N1CCn2c(nnc2C(F)(F)F)C1. The van der Waals surface area contributed by atoms with E-state index in [1.54, 1.807) is 4.90 Å². The maximum atomic E-state index is 14.2. The molecule has 216 valence electrons. The maximum absolute atomic E-state index is 14.2. The second-order valence-electron chi connectivity index (χ2n) is 11.7. The molecule has 1 saturated carbocycles. The fraction of sp³-hybridized carbons (Fsp3) is 0.484. The topological polar surface area (TPSA) is 71.3 Å². The van der Waals surface area contributed by atoms with Crippen LogP contribution in [0.5, 0.6) is 0 Å². The third-order valence-electron chi connectivity index (χ3n) is 9.07. The van der Waals surface area contributed by atoms with Crippen molar-refractivity contribution in [1.82, 2.24) is 24.6 Å². The van der Waals surface area contributed by atoms with Gasteiger partial charge < -0.3 is 14.4 Å². The first-order valence-electron chi connectivity index (χ1n) is 14.4. The van der Waals surface area contributed by atoms with Gasteiger partial charge in [-0.05, 0) is 47.8 Å². The van der Waals surface area contributed by atoms with Crippen molar-refractivity contribution in [3.8, 4) is 0 Å². The molecule has 2 heterocycles. The van der Waals surface area contributed by atoms with E-state index in [-0.39, 0.29) is 56.2 Å². The number of aromatic nitrogens is 3. The largest absolute Gasteiger partial charge is 0.451 e. The zero-order valence-corrected chi connectivity index (χ0v) is 22.9. The van der Waals surface area contributed by atoms with Crippen LogP contribution in [0.3, 0.4) is 0 Å². The first-order valence-corrected chi connectivity index (χ1v) is 14.4. The molecule has 2 aromatic carbocycles. The number of carbonyl (C=O) groups excluding carboxylic acids is 2. The number of carbonyl (C=O) groups is 2. The van der Waals surface area contributed by atoms with E-state index < -0.39 is 17.4 Å². The van der Waals surface area contributed by atoms with Gasteiger partial charge in [0, 0.05) is 32.5 Å². The Hall–Kier alpha value is -3.69. The number of halogens is 3. The number of benzene rings is 2. The van der Waals surface area contributed by atoms with Crippen LogP contribution in [0.1, 0.15) is 79.3 Å². The molecule has 1 fully saturated rings. The van der Waals surface area contributed by atoms with Crippen LogP contribution in [0.25, 0.3) is 0 Å². The Kier molecular flexibility index (Phi) is 7.34. The first kappa shape index (κ1) is 27.5. The Morgan fingerprint density at radius 1 is 0.951 bits per heavy atom. The molecule has 0 spiro atoms. The zero-order valence-electron chi connectivity index (χ0n) is 22.9. The van der Waals surface area contributed by atoms with Crippen molar-refractivity contribution in [2.75, 3.05) is 6.54 Å². The van der Waals surface area contributed by atoms with Gasteiger partial charge in [-0.15, -0.1) is 10.2 Å². The van der Waals surface area contributed by atoms with Crippen molar-refractivity contribution >= 4 is 11.8 Å². The van der Waals surface area contributed by atoms with Gasteiger partial charge in [0.05, 0.1) is 12.6 Å². The minimum atomic E-state index is -4.59. The van der Waals surface area contributed by atoms with Crippen molar-refractivity contribution in [3.63, 3.8) is 0 Å². The van der Waals surface area contributed by atoms with Crippen LogP contribution in [0.2, 0.25) is 0 Å². The quantitative estimate of drug-likeness (QED) is 0.369. The van der Waals surface area contributed by atoms with Crippen LogP contribution < -0.4 is 0 Å². The van der Waals surface area contributed by atoms with Crippen molar-refractivity contribution in [1.29, 1.82) is 0 Å². The highest BCUT2D eigenvalue weighted by Gasteiger charge is 2.43. The summed E-state index contributed by atoms with van der Waals surface area (Å²) in [6.07, 6.45) is 1.18. The van der Waals surface area contributed by atoms with Crippen LogP contribution in [0.15, 0.2) is 54.6 Å². The molecule has 0 radical (unpaired) electrons. The van der Waals surface area contributed by atoms with Crippen molar-refractivity contribution in [2.24, 2.45) is 5.41 Å². The lowest BCUT2D eigenvalue weighted by molar-refractivity contribution is -0.148. The van der Waals surface area contributed by atoms with Crippen LogP contribution in [0, 0.1) is 5.41 Å². The summed E-state index contributed by atoms with van der Waals surface area (Å²) in [5.41, 5.74) is 3.09. The Bertz CT molecular complexity index is 1410. The number of nitrogens with zero attached hydrogens (tertiary/aromatic N) is 5. The summed E-state index contributed by atoms with van der Waals surface area (Å²) < 4.78 is 40.8. The van der Waals surface area contributed by atoms with Gasteiger partial charge in [0.15, 0.2) is 5.82 Å². The molecule has 2 aliphatic carbocycles. The van der Waals surface area contributed by atoms with Crippen molar-refractivity contribution in [2.45, 2.75) is 83.2 Å². The van der Waals surface area contributed by atoms with Crippen LogP contribution in [0.4, 0.5) is 13.2 Å². The van der Waals surface area contributed by atoms with E-state index in [0.29, 0.717) is 6.54 Å². The molecule has 1 aromatic heterocycles. The predicted molar refractivity (Wildman–Crippen MR) is 145 cm³/mol. The smallest absolute Gasteiger partial charge is 0.333 e. The highest BCUT2D eigenvalue weighted by Crippen LogP contribution is 2.46. The van der Waals surface area contributed by atoms with Crippen LogP contribution in [-0.4, -0.2) is 42.9 Å². The highest BCUT2D eigenvalue weighted by atomic mass is 19.4. The first-order chi connectivity index (χ1) is 19.7. The van der Waals surface area contributed by atoms with E-state index in [0.717, 1.165) is 48.7 Å². The summed E-state index contributed by atoms with van der Waals surface area (Å²) in [5, 5.41) is 7.04. The Morgan fingerprint density at radius 3 is 2.44 bits per heavy atom. The molecule has 2 amide bonds. The molecule has 1 unspecified atom stereocenters. The molecule has 3 aromatic rings. The summed E-state index contributed by atoms with van der Waals surface area (Å²) in [4.78, 5) is 31.3. The fourth-order valence-electron chi connectivity index (χ4n) is 6.99. The molecular formula is C31H34F3N5O2. The minimum Gasteiger partial charge on any atom is -0.333 e. The molecular weight excluding hydrogens is 531 g/mol. The monoisotopic (exact) mass is 565 g/mol. The summed E-state index contributed by atoms with van der Waals surface area (Å²) in [7, 11) is 0. The summed E-state index contributed by atoms with van der Waals surface area (Å²) in [6.45, 7) is 0.660. The minimum absolute atomic E-state index is 0.000783. The Balaban J connectivity index is 1.20. The van der Waals surface area contributed by atoms with Gasteiger partial charge in [0.25, 0.3) is 0 Å². The second-order valence-corrected chi connectivity index (χ2v) is 11.7. The van der Waals surface area contributed by atoms with E-state index in [2.05, 4.69) is 22.3 Å². The molecule has 0 saturated heterocycles. The Labute approximate surface area is 237 Å². The van der Waals surface area contributed by atoms with Gasteiger partial charge in [0.1, 0.15) is 0 Å². The Morgan fingerprint density at radius 2 is 1.68 bits per heavy atom. The molecule has 7 nitrogen and oxygen atoms in total. The summed E-state index contributed by atoms with van der Waals surface area (Å²) in [5.74, 6) is -0.964. The molecule has 3 aliphatic rings. The highest BCUT2D eigenvalue weighted by molar-refractivity contribution is 5.81. The normalized spacial score (nSPS) is 19.6. The third kappa shape index (κ3) is 5.61. The lowest BCUT2D eigenvalue weighted by Gasteiger charge is -2.36. The van der Waals surface area contributed by atoms with Crippen LogP contribution >= 0.6 is 0 Å². The molecule has 1 atom stereocenters.